The zero-order valence-corrected chi connectivity index (χ0v) is 8.15. The molecule has 0 bridgehead atoms. The van der Waals surface area contributed by atoms with Crippen LogP contribution in [0.3, 0.4) is 0 Å². The second-order valence-corrected chi connectivity index (χ2v) is 3.64. The SMILES string of the molecule is CCCCCC1=C(C)CCC1=O. The maximum Gasteiger partial charge on any atom is 0.159 e. The number of carbonyl (C=O) groups excluding carboxylic acids is 1. The zero-order chi connectivity index (χ0) is 8.97. The molecule has 1 aliphatic rings. The fraction of sp³-hybridized carbons (Fsp3) is 0.727. The molecule has 0 spiro atoms. The van der Waals surface area contributed by atoms with Crippen molar-refractivity contribution in [3.8, 4) is 0 Å². The Kier molecular flexibility index (Phi) is 3.51. The first kappa shape index (κ1) is 9.50. The number of Topliss-reactive ketones (excluding diaryl/α,β-unsaturated/α-hetero) is 1. The molecule has 1 heteroatoms. The van der Waals surface area contributed by atoms with Gasteiger partial charge in [-0.25, -0.2) is 0 Å². The average Bonchev–Trinajstić information content (AvgIpc) is 2.35. The number of hydrogen-bond donors (Lipinski definition) is 0. The van der Waals surface area contributed by atoms with Gasteiger partial charge in [0.15, 0.2) is 5.78 Å². The molecule has 0 heterocycles. The molecule has 1 nitrogen and oxygen atoms in total. The summed E-state index contributed by atoms with van der Waals surface area (Å²) in [6, 6.07) is 0. The highest BCUT2D eigenvalue weighted by Gasteiger charge is 2.18. The van der Waals surface area contributed by atoms with Gasteiger partial charge in [-0.3, -0.25) is 4.79 Å². The maximum atomic E-state index is 11.3. The van der Waals surface area contributed by atoms with Crippen molar-refractivity contribution in [3.63, 3.8) is 0 Å². The summed E-state index contributed by atoms with van der Waals surface area (Å²) in [7, 11) is 0. The Hall–Kier alpha value is -0.590. The monoisotopic (exact) mass is 166 g/mol. The summed E-state index contributed by atoms with van der Waals surface area (Å²) < 4.78 is 0. The normalized spacial score (nSPS) is 17.7. The predicted octanol–water partition coefficient (Wildman–Crippen LogP) is 3.25. The summed E-state index contributed by atoms with van der Waals surface area (Å²) >= 11 is 0. The zero-order valence-electron chi connectivity index (χ0n) is 8.15. The highest BCUT2D eigenvalue weighted by atomic mass is 16.1. The van der Waals surface area contributed by atoms with Crippen molar-refractivity contribution in [1.82, 2.24) is 0 Å². The first-order valence-corrected chi connectivity index (χ1v) is 4.97. The molecular weight excluding hydrogens is 148 g/mol. The third kappa shape index (κ3) is 2.20. The van der Waals surface area contributed by atoms with Gasteiger partial charge in [-0.2, -0.15) is 0 Å². The van der Waals surface area contributed by atoms with E-state index in [-0.39, 0.29) is 0 Å². The predicted molar refractivity (Wildman–Crippen MR) is 51.1 cm³/mol. The van der Waals surface area contributed by atoms with Gasteiger partial charge in [-0.05, 0) is 31.8 Å². The smallest absolute Gasteiger partial charge is 0.159 e. The second-order valence-electron chi connectivity index (χ2n) is 3.64. The van der Waals surface area contributed by atoms with Gasteiger partial charge in [0.25, 0.3) is 0 Å². The average molecular weight is 166 g/mol. The molecule has 12 heavy (non-hydrogen) atoms. The van der Waals surface area contributed by atoms with Gasteiger partial charge in [0.05, 0.1) is 0 Å². The van der Waals surface area contributed by atoms with Gasteiger partial charge >= 0.3 is 0 Å². The van der Waals surface area contributed by atoms with Gasteiger partial charge in [0.1, 0.15) is 0 Å². The molecule has 0 unspecified atom stereocenters. The van der Waals surface area contributed by atoms with Crippen LogP contribution in [0.5, 0.6) is 0 Å². The third-order valence-corrected chi connectivity index (χ3v) is 2.61. The van der Waals surface area contributed by atoms with Crippen molar-refractivity contribution in [2.75, 3.05) is 0 Å². The summed E-state index contributed by atoms with van der Waals surface area (Å²) in [6.45, 7) is 4.30. The topological polar surface area (TPSA) is 17.1 Å². The van der Waals surface area contributed by atoms with Crippen LogP contribution in [-0.4, -0.2) is 5.78 Å². The number of hydrogen-bond acceptors (Lipinski definition) is 1. The van der Waals surface area contributed by atoms with E-state index in [1.165, 1.54) is 24.8 Å². The lowest BCUT2D eigenvalue weighted by Gasteiger charge is -2.00. The fourth-order valence-electron chi connectivity index (χ4n) is 1.75. The number of carbonyl (C=O) groups is 1. The third-order valence-electron chi connectivity index (χ3n) is 2.61. The molecule has 0 saturated heterocycles. The lowest BCUT2D eigenvalue weighted by atomic mass is 10.0. The van der Waals surface area contributed by atoms with Crippen LogP contribution < -0.4 is 0 Å². The van der Waals surface area contributed by atoms with Gasteiger partial charge < -0.3 is 0 Å². The van der Waals surface area contributed by atoms with E-state index in [2.05, 4.69) is 13.8 Å². The minimum atomic E-state index is 0.406. The van der Waals surface area contributed by atoms with Gasteiger partial charge in [0.2, 0.25) is 0 Å². The van der Waals surface area contributed by atoms with Crippen LogP contribution >= 0.6 is 0 Å². The summed E-state index contributed by atoms with van der Waals surface area (Å²) in [5.74, 6) is 0.406. The lowest BCUT2D eigenvalue weighted by molar-refractivity contribution is -0.115. The summed E-state index contributed by atoms with van der Waals surface area (Å²) in [5, 5.41) is 0. The molecule has 0 aliphatic heterocycles. The van der Waals surface area contributed by atoms with Gasteiger partial charge in [-0.15, -0.1) is 0 Å². The highest BCUT2D eigenvalue weighted by molar-refractivity contribution is 5.98. The molecular formula is C11H18O. The minimum absolute atomic E-state index is 0.406. The van der Waals surface area contributed by atoms with E-state index in [9.17, 15) is 4.79 Å². The Bertz CT molecular complexity index is 201. The van der Waals surface area contributed by atoms with E-state index in [4.69, 9.17) is 0 Å². The summed E-state index contributed by atoms with van der Waals surface area (Å²) in [5.41, 5.74) is 2.49. The van der Waals surface area contributed by atoms with Crippen LogP contribution in [0.15, 0.2) is 11.1 Å². The van der Waals surface area contributed by atoms with Crippen molar-refractivity contribution < 1.29 is 4.79 Å². The van der Waals surface area contributed by atoms with E-state index < -0.39 is 0 Å². The lowest BCUT2D eigenvalue weighted by Crippen LogP contribution is -1.96. The molecule has 68 valence electrons. The van der Waals surface area contributed by atoms with Crippen LogP contribution in [0.1, 0.15) is 52.4 Å². The molecule has 0 atom stereocenters. The Balaban J connectivity index is 2.39. The minimum Gasteiger partial charge on any atom is -0.295 e. The molecule has 1 rings (SSSR count). The van der Waals surface area contributed by atoms with E-state index in [0.717, 1.165) is 24.8 Å². The van der Waals surface area contributed by atoms with Crippen LogP contribution in [0, 0.1) is 0 Å². The number of unbranched alkanes of at least 4 members (excludes halogenated alkanes) is 2. The molecule has 0 aromatic rings. The number of ketones is 1. The Morgan fingerprint density at radius 1 is 1.25 bits per heavy atom. The molecule has 0 fully saturated rings. The van der Waals surface area contributed by atoms with Crippen molar-refractivity contribution in [3.05, 3.63) is 11.1 Å². The first-order valence-electron chi connectivity index (χ1n) is 4.97. The van der Waals surface area contributed by atoms with E-state index in [0.29, 0.717) is 5.78 Å². The molecule has 0 radical (unpaired) electrons. The standard InChI is InChI=1S/C11H18O/c1-3-4-5-6-10-9(2)7-8-11(10)12/h3-8H2,1-2H3. The molecule has 0 N–H and O–H groups in total. The first-order chi connectivity index (χ1) is 5.75. The van der Waals surface area contributed by atoms with Crippen molar-refractivity contribution in [1.29, 1.82) is 0 Å². The summed E-state index contributed by atoms with van der Waals surface area (Å²) in [6.07, 6.45) is 6.49. The Morgan fingerprint density at radius 3 is 2.50 bits per heavy atom. The van der Waals surface area contributed by atoms with Crippen molar-refractivity contribution >= 4 is 5.78 Å². The van der Waals surface area contributed by atoms with E-state index in [1.54, 1.807) is 0 Å². The second kappa shape index (κ2) is 4.44. The van der Waals surface area contributed by atoms with Gasteiger partial charge in [0, 0.05) is 6.42 Å². The van der Waals surface area contributed by atoms with Crippen molar-refractivity contribution in [2.24, 2.45) is 0 Å². The number of allylic oxidation sites excluding steroid dienone is 2. The fourth-order valence-corrected chi connectivity index (χ4v) is 1.75. The van der Waals surface area contributed by atoms with E-state index in [1.807, 2.05) is 0 Å². The van der Waals surface area contributed by atoms with Crippen LogP contribution in [0.25, 0.3) is 0 Å². The Labute approximate surface area is 74.9 Å². The Morgan fingerprint density at radius 2 is 2.00 bits per heavy atom. The molecule has 0 saturated carbocycles. The highest BCUT2D eigenvalue weighted by Crippen LogP contribution is 2.26. The molecule has 0 amide bonds. The van der Waals surface area contributed by atoms with Crippen LogP contribution in [0.2, 0.25) is 0 Å². The molecule has 0 aromatic heterocycles. The van der Waals surface area contributed by atoms with E-state index >= 15 is 0 Å². The summed E-state index contributed by atoms with van der Waals surface area (Å²) in [4.78, 5) is 11.3. The van der Waals surface area contributed by atoms with Gasteiger partial charge in [-0.1, -0.05) is 25.3 Å². The maximum absolute atomic E-state index is 11.3. The molecule has 1 aliphatic carbocycles. The largest absolute Gasteiger partial charge is 0.295 e. The van der Waals surface area contributed by atoms with Crippen LogP contribution in [-0.2, 0) is 4.79 Å². The quantitative estimate of drug-likeness (QED) is 0.586. The van der Waals surface area contributed by atoms with Crippen LogP contribution in [0.4, 0.5) is 0 Å². The molecule has 0 aromatic carbocycles. The number of rotatable bonds is 4. The van der Waals surface area contributed by atoms with Crippen molar-refractivity contribution in [2.45, 2.75) is 52.4 Å².